The highest BCUT2D eigenvalue weighted by Crippen LogP contribution is 2.34. The number of hydrogen-bond donors (Lipinski definition) is 0. The Balaban J connectivity index is 2.32. The minimum Gasteiger partial charge on any atom is -0.0915 e. The highest BCUT2D eigenvalue weighted by molar-refractivity contribution is 5.75. The van der Waals surface area contributed by atoms with E-state index in [9.17, 15) is 0 Å². The van der Waals surface area contributed by atoms with Gasteiger partial charge in [0.1, 0.15) is 0 Å². The molecule has 0 atom stereocenters. The summed E-state index contributed by atoms with van der Waals surface area (Å²) >= 11 is 0. The van der Waals surface area contributed by atoms with Crippen LogP contribution in [-0.2, 0) is 6.42 Å². The predicted octanol–water partition coefficient (Wildman–Crippen LogP) is 5.09. The first-order valence-corrected chi connectivity index (χ1v) is 6.50. The maximum absolute atomic E-state index is 4.19. The van der Waals surface area contributed by atoms with Crippen LogP contribution in [0.5, 0.6) is 0 Å². The third kappa shape index (κ3) is 2.53. The molecular weight excluding hydrogens is 216 g/mol. The Hall–Kier alpha value is -1.82. The van der Waals surface area contributed by atoms with Gasteiger partial charge in [-0.15, -0.1) is 0 Å². The Morgan fingerprint density at radius 2 is 1.94 bits per heavy atom. The number of fused-ring (bicyclic) bond motifs is 1. The van der Waals surface area contributed by atoms with Gasteiger partial charge in [0.05, 0.1) is 0 Å². The van der Waals surface area contributed by atoms with E-state index in [1.807, 2.05) is 19.1 Å². The molecule has 1 aromatic rings. The number of benzene rings is 1. The van der Waals surface area contributed by atoms with Crippen LogP contribution in [0.3, 0.4) is 0 Å². The third-order valence-electron chi connectivity index (χ3n) is 3.51. The van der Waals surface area contributed by atoms with Gasteiger partial charge in [0.25, 0.3) is 0 Å². The molecule has 0 N–H and O–H groups in total. The van der Waals surface area contributed by atoms with Crippen molar-refractivity contribution in [2.45, 2.75) is 26.7 Å². The van der Waals surface area contributed by atoms with Crippen molar-refractivity contribution >= 4 is 5.57 Å². The van der Waals surface area contributed by atoms with Crippen molar-refractivity contribution < 1.29 is 0 Å². The van der Waals surface area contributed by atoms with Crippen molar-refractivity contribution in [3.05, 3.63) is 77.4 Å². The molecule has 0 nitrogen and oxygen atoms in total. The monoisotopic (exact) mass is 236 g/mol. The minimum atomic E-state index is 1.10. The van der Waals surface area contributed by atoms with Gasteiger partial charge < -0.3 is 0 Å². The van der Waals surface area contributed by atoms with Crippen LogP contribution in [-0.4, -0.2) is 0 Å². The maximum Gasteiger partial charge on any atom is -0.0192 e. The molecule has 0 saturated carbocycles. The van der Waals surface area contributed by atoms with Gasteiger partial charge in [-0.05, 0) is 54.5 Å². The van der Waals surface area contributed by atoms with Crippen LogP contribution < -0.4 is 0 Å². The van der Waals surface area contributed by atoms with Crippen LogP contribution in [0.25, 0.3) is 5.57 Å². The summed E-state index contributed by atoms with van der Waals surface area (Å²) in [5.74, 6) is 0. The van der Waals surface area contributed by atoms with Gasteiger partial charge in [0, 0.05) is 0 Å². The molecule has 18 heavy (non-hydrogen) atoms. The molecule has 0 amide bonds. The average molecular weight is 236 g/mol. The smallest absolute Gasteiger partial charge is 0.0192 e. The van der Waals surface area contributed by atoms with E-state index in [4.69, 9.17) is 0 Å². The Morgan fingerprint density at radius 1 is 1.17 bits per heavy atom. The van der Waals surface area contributed by atoms with E-state index in [1.54, 1.807) is 0 Å². The maximum atomic E-state index is 4.19. The third-order valence-corrected chi connectivity index (χ3v) is 3.51. The molecule has 1 aliphatic carbocycles. The van der Waals surface area contributed by atoms with Crippen LogP contribution in [0.4, 0.5) is 0 Å². The Labute approximate surface area is 110 Å². The zero-order chi connectivity index (χ0) is 13.0. The molecule has 0 heterocycles. The van der Waals surface area contributed by atoms with Crippen LogP contribution in [0.2, 0.25) is 0 Å². The fourth-order valence-electron chi connectivity index (χ4n) is 2.50. The summed E-state index contributed by atoms with van der Waals surface area (Å²) in [6.45, 7) is 8.43. The summed E-state index contributed by atoms with van der Waals surface area (Å²) in [6.07, 6.45) is 10.5. The summed E-state index contributed by atoms with van der Waals surface area (Å²) in [5.41, 5.74) is 6.77. The largest absolute Gasteiger partial charge is 0.0915 e. The minimum absolute atomic E-state index is 1.10. The molecule has 1 aliphatic rings. The standard InChI is InChI=1S/C18H20/c1-4-5-6-9-14(2)17-13-12-16-10-7-8-11-18(16)15(17)3/h4-11H,2,12-13H2,1,3H3/b5-4-,9-6-. The van der Waals surface area contributed by atoms with E-state index in [0.29, 0.717) is 0 Å². The number of rotatable bonds is 3. The molecule has 0 bridgehead atoms. The van der Waals surface area contributed by atoms with Gasteiger partial charge in [0.2, 0.25) is 0 Å². The van der Waals surface area contributed by atoms with Gasteiger partial charge in [0.15, 0.2) is 0 Å². The predicted molar refractivity (Wildman–Crippen MR) is 80.5 cm³/mol. The SMILES string of the molecule is C=C(/C=C\C=C/C)C1=C(C)c2ccccc2CC1. The number of allylic oxidation sites excluding steroid dienone is 7. The van der Waals surface area contributed by atoms with E-state index in [1.165, 1.54) is 22.3 Å². The molecule has 1 aromatic carbocycles. The molecule has 0 aromatic heterocycles. The molecule has 0 saturated heterocycles. The topological polar surface area (TPSA) is 0 Å². The van der Waals surface area contributed by atoms with Crippen molar-refractivity contribution in [3.63, 3.8) is 0 Å². The number of aryl methyl sites for hydroxylation is 1. The lowest BCUT2D eigenvalue weighted by molar-refractivity contribution is 0.930. The second kappa shape index (κ2) is 5.68. The second-order valence-corrected chi connectivity index (χ2v) is 4.67. The van der Waals surface area contributed by atoms with E-state index < -0.39 is 0 Å². The van der Waals surface area contributed by atoms with E-state index in [-0.39, 0.29) is 0 Å². The summed E-state index contributed by atoms with van der Waals surface area (Å²) < 4.78 is 0. The second-order valence-electron chi connectivity index (χ2n) is 4.67. The van der Waals surface area contributed by atoms with Crippen molar-refractivity contribution in [2.24, 2.45) is 0 Å². The van der Waals surface area contributed by atoms with Crippen LogP contribution >= 0.6 is 0 Å². The van der Waals surface area contributed by atoms with Crippen LogP contribution in [0, 0.1) is 0 Å². The molecule has 0 spiro atoms. The molecule has 2 rings (SSSR count). The molecular formula is C18H20. The van der Waals surface area contributed by atoms with E-state index in [2.05, 4.69) is 49.9 Å². The van der Waals surface area contributed by atoms with Crippen LogP contribution in [0.15, 0.2) is 66.3 Å². The van der Waals surface area contributed by atoms with Gasteiger partial charge in [-0.25, -0.2) is 0 Å². The normalized spacial score (nSPS) is 15.4. The fourth-order valence-corrected chi connectivity index (χ4v) is 2.50. The van der Waals surface area contributed by atoms with E-state index in [0.717, 1.165) is 18.4 Å². The van der Waals surface area contributed by atoms with Crippen molar-refractivity contribution in [3.8, 4) is 0 Å². The Bertz CT molecular complexity index is 539. The first-order chi connectivity index (χ1) is 8.74. The highest BCUT2D eigenvalue weighted by Gasteiger charge is 2.15. The van der Waals surface area contributed by atoms with Crippen molar-refractivity contribution in [1.29, 1.82) is 0 Å². The Morgan fingerprint density at radius 3 is 2.72 bits per heavy atom. The zero-order valence-electron chi connectivity index (χ0n) is 11.2. The van der Waals surface area contributed by atoms with Gasteiger partial charge in [-0.3, -0.25) is 0 Å². The highest BCUT2D eigenvalue weighted by atomic mass is 14.2. The van der Waals surface area contributed by atoms with Crippen LogP contribution in [0.1, 0.15) is 31.4 Å². The molecule has 0 heteroatoms. The fraction of sp³-hybridized carbons (Fsp3) is 0.222. The molecule has 0 aliphatic heterocycles. The van der Waals surface area contributed by atoms with Gasteiger partial charge >= 0.3 is 0 Å². The van der Waals surface area contributed by atoms with E-state index >= 15 is 0 Å². The molecule has 92 valence electrons. The first-order valence-electron chi connectivity index (χ1n) is 6.50. The summed E-state index contributed by atoms with van der Waals surface area (Å²) in [5, 5.41) is 0. The summed E-state index contributed by atoms with van der Waals surface area (Å²) in [6, 6.07) is 8.68. The first kappa shape index (κ1) is 12.6. The molecule has 0 radical (unpaired) electrons. The molecule has 0 unspecified atom stereocenters. The number of hydrogen-bond acceptors (Lipinski definition) is 0. The lowest BCUT2D eigenvalue weighted by Crippen LogP contribution is -2.04. The van der Waals surface area contributed by atoms with Gasteiger partial charge in [-0.2, -0.15) is 0 Å². The van der Waals surface area contributed by atoms with Crippen molar-refractivity contribution in [1.82, 2.24) is 0 Å². The lowest BCUT2D eigenvalue weighted by Gasteiger charge is -2.21. The summed E-state index contributed by atoms with van der Waals surface area (Å²) in [7, 11) is 0. The molecule has 0 fully saturated rings. The summed E-state index contributed by atoms with van der Waals surface area (Å²) in [4.78, 5) is 0. The lowest BCUT2D eigenvalue weighted by atomic mass is 9.83. The van der Waals surface area contributed by atoms with Crippen molar-refractivity contribution in [2.75, 3.05) is 0 Å². The van der Waals surface area contributed by atoms with Gasteiger partial charge in [-0.1, -0.05) is 55.1 Å². The Kier molecular flexibility index (Phi) is 3.99. The quantitative estimate of drug-likeness (QED) is 0.641. The zero-order valence-corrected chi connectivity index (χ0v) is 11.2. The average Bonchev–Trinajstić information content (AvgIpc) is 2.39.